The van der Waals surface area contributed by atoms with Crippen molar-refractivity contribution in [2.75, 3.05) is 0 Å². The van der Waals surface area contributed by atoms with E-state index in [0.29, 0.717) is 0 Å². The molecular weight excluding hydrogens is 450 g/mol. The molecule has 1 radical (unpaired) electrons. The molecule has 0 spiro atoms. The maximum Gasteiger partial charge on any atom is 3.00 e. The van der Waals surface area contributed by atoms with Crippen molar-refractivity contribution in [1.82, 2.24) is 0 Å². The monoisotopic (exact) mass is 467 g/mol. The van der Waals surface area contributed by atoms with E-state index in [9.17, 15) is 0 Å². The second kappa shape index (κ2) is 10.8. The van der Waals surface area contributed by atoms with Gasteiger partial charge in [-0.25, -0.2) is 0 Å². The summed E-state index contributed by atoms with van der Waals surface area (Å²) in [4.78, 5) is 0. The molecule has 0 saturated heterocycles. The molecule has 0 nitrogen and oxygen atoms in total. The van der Waals surface area contributed by atoms with Crippen LogP contribution in [0.1, 0.15) is 24.5 Å². The molecule has 0 heterocycles. The van der Waals surface area contributed by atoms with Gasteiger partial charge in [-0.15, -0.1) is 22.8 Å². The van der Waals surface area contributed by atoms with Crippen LogP contribution in [0.15, 0.2) is 107 Å². The summed E-state index contributed by atoms with van der Waals surface area (Å²) in [6.45, 7) is 2.16. The normalized spacial score (nSPS) is 14.3. The van der Waals surface area contributed by atoms with E-state index in [2.05, 4.69) is 98.0 Å². The van der Waals surface area contributed by atoms with Crippen LogP contribution in [0.5, 0.6) is 0 Å². The third-order valence-corrected chi connectivity index (χ3v) is 4.53. The number of halogens is 2. The first-order valence-electron chi connectivity index (χ1n) is 8.37. The Hall–Kier alpha value is -1.40. The molecular formula is C24H19Cl2Zr. The van der Waals surface area contributed by atoms with Crippen LogP contribution < -0.4 is 24.8 Å². The Kier molecular flexibility index (Phi) is 9.47. The maximum atomic E-state index is 3.61. The van der Waals surface area contributed by atoms with Gasteiger partial charge in [0.1, 0.15) is 0 Å². The summed E-state index contributed by atoms with van der Waals surface area (Å²) in [6, 6.07) is 21.2. The molecule has 2 aliphatic carbocycles. The Morgan fingerprint density at radius 2 is 1.41 bits per heavy atom. The third-order valence-electron chi connectivity index (χ3n) is 4.53. The molecule has 2 aromatic carbocycles. The van der Waals surface area contributed by atoms with Crippen LogP contribution in [0, 0.1) is 6.08 Å². The van der Waals surface area contributed by atoms with Crippen LogP contribution in [0.3, 0.4) is 0 Å². The van der Waals surface area contributed by atoms with Crippen LogP contribution in [0.4, 0.5) is 0 Å². The fourth-order valence-corrected chi connectivity index (χ4v) is 3.36. The van der Waals surface area contributed by atoms with Crippen LogP contribution in [-0.2, 0) is 26.2 Å². The topological polar surface area (TPSA) is 0 Å². The van der Waals surface area contributed by atoms with E-state index in [1.54, 1.807) is 0 Å². The smallest absolute Gasteiger partial charge is 1.00 e. The first-order chi connectivity index (χ1) is 11.8. The second-order valence-corrected chi connectivity index (χ2v) is 6.15. The molecule has 0 aromatic heterocycles. The van der Waals surface area contributed by atoms with Gasteiger partial charge in [0, 0.05) is 0 Å². The van der Waals surface area contributed by atoms with Crippen molar-refractivity contribution in [3.8, 4) is 0 Å². The minimum Gasteiger partial charge on any atom is -1.00 e. The van der Waals surface area contributed by atoms with Gasteiger partial charge in [-0.05, 0) is 6.42 Å². The van der Waals surface area contributed by atoms with Crippen LogP contribution in [0.2, 0.25) is 0 Å². The molecule has 0 N–H and O–H groups in total. The van der Waals surface area contributed by atoms with E-state index in [-0.39, 0.29) is 51.0 Å². The number of benzene rings is 2. The first kappa shape index (κ1) is 23.6. The average Bonchev–Trinajstić information content (AvgIpc) is 3.27. The SMILES string of the molecule is CC1=[C-]C(=C(c2ccccc2)c2ccccc2)C=C1C1=CC=CC1.[Cl-].[Cl-].[Zr+3]. The van der Waals surface area contributed by atoms with Crippen molar-refractivity contribution in [3.05, 3.63) is 124 Å². The van der Waals surface area contributed by atoms with Gasteiger partial charge in [0.2, 0.25) is 0 Å². The fraction of sp³-hybridized carbons (Fsp3) is 0.0833. The zero-order chi connectivity index (χ0) is 16.4. The Morgan fingerprint density at radius 3 is 1.89 bits per heavy atom. The zero-order valence-electron chi connectivity index (χ0n) is 15.0. The van der Waals surface area contributed by atoms with E-state index >= 15 is 0 Å². The molecule has 4 rings (SSSR count). The molecule has 2 aromatic rings. The van der Waals surface area contributed by atoms with Crippen LogP contribution >= 0.6 is 0 Å². The van der Waals surface area contributed by atoms with E-state index in [1.165, 1.54) is 39.0 Å². The number of rotatable bonds is 3. The molecule has 2 aliphatic rings. The second-order valence-electron chi connectivity index (χ2n) is 6.15. The molecule has 27 heavy (non-hydrogen) atoms. The molecule has 3 heteroatoms. The standard InChI is InChI=1S/C24H19.2ClH.Zr/c1-18-16-22(17-23(18)19-10-8-9-11-19)24(20-12-4-2-5-13-20)21-14-6-3-7-15-21;;;/h2-10,12-15,17H,11H2,1H3;2*1H;/q-1;;;+3/p-2. The predicted molar refractivity (Wildman–Crippen MR) is 101 cm³/mol. The number of hydrogen-bond acceptors (Lipinski definition) is 0. The number of hydrogen-bond donors (Lipinski definition) is 0. The minimum atomic E-state index is 0. The quantitative estimate of drug-likeness (QED) is 0.559. The van der Waals surface area contributed by atoms with Crippen LogP contribution in [0.25, 0.3) is 5.57 Å². The molecule has 0 unspecified atom stereocenters. The van der Waals surface area contributed by atoms with E-state index < -0.39 is 0 Å². The Balaban J connectivity index is 0.00000121. The summed E-state index contributed by atoms with van der Waals surface area (Å²) >= 11 is 0. The molecule has 133 valence electrons. The molecule has 0 atom stereocenters. The van der Waals surface area contributed by atoms with E-state index in [0.717, 1.165) is 6.42 Å². The van der Waals surface area contributed by atoms with Crippen molar-refractivity contribution >= 4 is 5.57 Å². The van der Waals surface area contributed by atoms with Crippen LogP contribution in [-0.4, -0.2) is 0 Å². The summed E-state index contributed by atoms with van der Waals surface area (Å²) in [7, 11) is 0. The van der Waals surface area contributed by atoms with Gasteiger partial charge >= 0.3 is 26.2 Å². The van der Waals surface area contributed by atoms with Gasteiger partial charge in [-0.1, -0.05) is 108 Å². The summed E-state index contributed by atoms with van der Waals surface area (Å²) in [6.07, 6.45) is 13.5. The van der Waals surface area contributed by atoms with Gasteiger partial charge in [-0.2, -0.15) is 6.08 Å². The Labute approximate surface area is 193 Å². The molecule has 0 aliphatic heterocycles. The van der Waals surface area contributed by atoms with Gasteiger partial charge < -0.3 is 24.8 Å². The van der Waals surface area contributed by atoms with E-state index in [1.807, 2.05) is 0 Å². The molecule has 0 fully saturated rings. The summed E-state index contributed by atoms with van der Waals surface area (Å²) in [5.74, 6) is 0. The fourth-order valence-electron chi connectivity index (χ4n) is 3.36. The predicted octanol–water partition coefficient (Wildman–Crippen LogP) is 0.0698. The van der Waals surface area contributed by atoms with E-state index in [4.69, 9.17) is 0 Å². The first-order valence-corrected chi connectivity index (χ1v) is 8.37. The van der Waals surface area contributed by atoms with Crippen molar-refractivity contribution in [3.63, 3.8) is 0 Å². The van der Waals surface area contributed by atoms with Crippen molar-refractivity contribution in [2.24, 2.45) is 0 Å². The van der Waals surface area contributed by atoms with Gasteiger partial charge in [0.15, 0.2) is 0 Å². The van der Waals surface area contributed by atoms with Crippen molar-refractivity contribution in [2.45, 2.75) is 13.3 Å². The summed E-state index contributed by atoms with van der Waals surface area (Å²) < 4.78 is 0. The Bertz CT molecular complexity index is 876. The molecule has 0 amide bonds. The van der Waals surface area contributed by atoms with Gasteiger partial charge in [0.05, 0.1) is 0 Å². The van der Waals surface area contributed by atoms with Gasteiger partial charge in [0.25, 0.3) is 0 Å². The molecule has 0 bridgehead atoms. The molecule has 0 saturated carbocycles. The van der Waals surface area contributed by atoms with Gasteiger partial charge in [-0.3, -0.25) is 0 Å². The third kappa shape index (κ3) is 5.11. The Morgan fingerprint density at radius 1 is 0.852 bits per heavy atom. The average molecular weight is 470 g/mol. The summed E-state index contributed by atoms with van der Waals surface area (Å²) in [5.41, 5.74) is 8.81. The van der Waals surface area contributed by atoms with Crippen molar-refractivity contribution in [1.29, 1.82) is 0 Å². The minimum absolute atomic E-state index is 0. The largest absolute Gasteiger partial charge is 3.00 e. The zero-order valence-corrected chi connectivity index (χ0v) is 19.0. The summed E-state index contributed by atoms with van der Waals surface area (Å²) in [5, 5.41) is 0. The number of allylic oxidation sites excluding steroid dienone is 9. The maximum absolute atomic E-state index is 3.61. The van der Waals surface area contributed by atoms with Crippen molar-refractivity contribution < 1.29 is 51.0 Å².